The first-order chi connectivity index (χ1) is 11.2. The van der Waals surface area contributed by atoms with E-state index in [1.54, 1.807) is 6.20 Å². The third-order valence-corrected chi connectivity index (χ3v) is 3.53. The number of ether oxygens (including phenoxy) is 1. The highest BCUT2D eigenvalue weighted by molar-refractivity contribution is 5.54. The lowest BCUT2D eigenvalue weighted by atomic mass is 10.2. The topological polar surface area (TPSA) is 47.0 Å². The smallest absolute Gasteiger partial charge is 0.242 e. The summed E-state index contributed by atoms with van der Waals surface area (Å²) in [5.74, 6) is 1.38. The zero-order valence-corrected chi connectivity index (χ0v) is 13.3. The van der Waals surface area contributed by atoms with Gasteiger partial charge in [-0.05, 0) is 49.2 Å². The highest BCUT2D eigenvalue weighted by atomic mass is 16.5. The summed E-state index contributed by atoms with van der Waals surface area (Å²) in [4.78, 5) is 8.65. The molecule has 0 aliphatic heterocycles. The molecule has 0 spiro atoms. The average molecular weight is 305 g/mol. The predicted molar refractivity (Wildman–Crippen MR) is 91.8 cm³/mol. The molecule has 0 unspecified atom stereocenters. The lowest BCUT2D eigenvalue weighted by molar-refractivity contribution is 0.461. The zero-order chi connectivity index (χ0) is 16.1. The van der Waals surface area contributed by atoms with Gasteiger partial charge in [-0.1, -0.05) is 24.3 Å². The van der Waals surface area contributed by atoms with E-state index in [0.29, 0.717) is 12.4 Å². The largest absolute Gasteiger partial charge is 0.437 e. The second kappa shape index (κ2) is 6.92. The van der Waals surface area contributed by atoms with Gasteiger partial charge >= 0.3 is 0 Å². The second-order valence-corrected chi connectivity index (χ2v) is 5.39. The summed E-state index contributed by atoms with van der Waals surface area (Å²) in [5, 5.41) is 3.36. The molecule has 0 fully saturated rings. The number of para-hydroxylation sites is 1. The van der Waals surface area contributed by atoms with Gasteiger partial charge in [-0.2, -0.15) is 0 Å². The summed E-state index contributed by atoms with van der Waals surface area (Å²) in [6, 6.07) is 15.8. The van der Waals surface area contributed by atoms with Gasteiger partial charge in [0.25, 0.3) is 0 Å². The van der Waals surface area contributed by atoms with Crippen LogP contribution in [0, 0.1) is 13.8 Å². The Kier molecular flexibility index (Phi) is 4.52. The molecule has 3 rings (SSSR count). The third kappa shape index (κ3) is 3.86. The molecule has 0 radical (unpaired) electrons. The van der Waals surface area contributed by atoms with E-state index < -0.39 is 0 Å². The molecule has 4 heteroatoms. The molecule has 3 aromatic rings. The molecule has 1 aromatic carbocycles. The molecule has 0 saturated heterocycles. The molecular formula is C19H19N3O. The van der Waals surface area contributed by atoms with Gasteiger partial charge in [-0.3, -0.25) is 4.98 Å². The van der Waals surface area contributed by atoms with Gasteiger partial charge in [0, 0.05) is 24.6 Å². The van der Waals surface area contributed by atoms with Crippen LogP contribution in [0.3, 0.4) is 0 Å². The van der Waals surface area contributed by atoms with Crippen LogP contribution in [0.5, 0.6) is 11.6 Å². The normalized spacial score (nSPS) is 10.3. The summed E-state index contributed by atoms with van der Waals surface area (Å²) >= 11 is 0. The maximum atomic E-state index is 5.96. The predicted octanol–water partition coefficient (Wildman–Crippen LogP) is 4.50. The fourth-order valence-electron chi connectivity index (χ4n) is 2.18. The molecule has 23 heavy (non-hydrogen) atoms. The van der Waals surface area contributed by atoms with E-state index in [0.717, 1.165) is 28.3 Å². The molecular weight excluding hydrogens is 286 g/mol. The van der Waals surface area contributed by atoms with Crippen LogP contribution >= 0.6 is 0 Å². The Bertz CT molecular complexity index is 785. The van der Waals surface area contributed by atoms with Crippen molar-refractivity contribution in [2.75, 3.05) is 5.32 Å². The summed E-state index contributed by atoms with van der Waals surface area (Å²) < 4.78 is 5.96. The van der Waals surface area contributed by atoms with E-state index in [4.69, 9.17) is 4.74 Å². The van der Waals surface area contributed by atoms with E-state index in [-0.39, 0.29) is 0 Å². The van der Waals surface area contributed by atoms with Crippen molar-refractivity contribution < 1.29 is 4.74 Å². The van der Waals surface area contributed by atoms with Crippen molar-refractivity contribution >= 4 is 5.69 Å². The van der Waals surface area contributed by atoms with E-state index >= 15 is 0 Å². The Balaban J connectivity index is 1.75. The van der Waals surface area contributed by atoms with Crippen LogP contribution in [0.2, 0.25) is 0 Å². The zero-order valence-electron chi connectivity index (χ0n) is 13.3. The molecule has 0 saturated carbocycles. The molecule has 0 bridgehead atoms. The van der Waals surface area contributed by atoms with E-state index in [1.165, 1.54) is 0 Å². The minimum atomic E-state index is 0.571. The number of benzene rings is 1. The summed E-state index contributed by atoms with van der Waals surface area (Å²) in [6.07, 6.45) is 3.60. The number of nitrogens with zero attached hydrogens (tertiary/aromatic N) is 2. The number of anilines is 1. The Morgan fingerprint density at radius 2 is 1.83 bits per heavy atom. The fourth-order valence-corrected chi connectivity index (χ4v) is 2.18. The number of nitrogens with one attached hydrogen (secondary N) is 1. The molecule has 2 aromatic heterocycles. The second-order valence-electron chi connectivity index (χ2n) is 5.39. The maximum absolute atomic E-state index is 5.96. The quantitative estimate of drug-likeness (QED) is 0.754. The van der Waals surface area contributed by atoms with Gasteiger partial charge in [-0.25, -0.2) is 4.98 Å². The number of rotatable bonds is 5. The summed E-state index contributed by atoms with van der Waals surface area (Å²) in [5.41, 5.74) is 4.06. The first kappa shape index (κ1) is 15.0. The molecule has 116 valence electrons. The SMILES string of the molecule is Cc1ccc(CNc2cccnc2Oc2ccccc2C)cn1. The van der Waals surface area contributed by atoms with Gasteiger partial charge in [0.1, 0.15) is 5.75 Å². The lowest BCUT2D eigenvalue weighted by Gasteiger charge is -2.13. The third-order valence-electron chi connectivity index (χ3n) is 3.53. The first-order valence-electron chi connectivity index (χ1n) is 7.56. The number of hydrogen-bond acceptors (Lipinski definition) is 4. The van der Waals surface area contributed by atoms with Crippen LogP contribution < -0.4 is 10.1 Å². The highest BCUT2D eigenvalue weighted by Crippen LogP contribution is 2.29. The molecule has 0 aliphatic rings. The van der Waals surface area contributed by atoms with Crippen molar-refractivity contribution in [1.82, 2.24) is 9.97 Å². The number of aromatic nitrogens is 2. The molecule has 2 heterocycles. The molecule has 1 N–H and O–H groups in total. The Labute approximate surface area is 136 Å². The van der Waals surface area contributed by atoms with Crippen LogP contribution in [-0.2, 0) is 6.54 Å². The van der Waals surface area contributed by atoms with Crippen molar-refractivity contribution in [1.29, 1.82) is 0 Å². The van der Waals surface area contributed by atoms with Crippen LogP contribution in [0.25, 0.3) is 0 Å². The van der Waals surface area contributed by atoms with Gasteiger partial charge in [0.05, 0.1) is 5.69 Å². The van der Waals surface area contributed by atoms with Crippen molar-refractivity contribution in [3.05, 3.63) is 77.7 Å². The first-order valence-corrected chi connectivity index (χ1v) is 7.56. The van der Waals surface area contributed by atoms with Crippen LogP contribution in [0.4, 0.5) is 5.69 Å². The number of aryl methyl sites for hydroxylation is 2. The van der Waals surface area contributed by atoms with Gasteiger partial charge < -0.3 is 10.1 Å². The van der Waals surface area contributed by atoms with E-state index in [2.05, 4.69) is 21.4 Å². The van der Waals surface area contributed by atoms with Crippen molar-refractivity contribution in [3.8, 4) is 11.6 Å². The van der Waals surface area contributed by atoms with Crippen molar-refractivity contribution in [2.45, 2.75) is 20.4 Å². The minimum absolute atomic E-state index is 0.571. The fraction of sp³-hybridized carbons (Fsp3) is 0.158. The van der Waals surface area contributed by atoms with E-state index in [9.17, 15) is 0 Å². The van der Waals surface area contributed by atoms with Crippen LogP contribution in [-0.4, -0.2) is 9.97 Å². The standard InChI is InChI=1S/C19H19N3O/c1-14-6-3-4-8-18(14)23-19-17(7-5-11-20-19)22-13-16-10-9-15(2)21-12-16/h3-12,22H,13H2,1-2H3. The van der Waals surface area contributed by atoms with Crippen LogP contribution in [0.15, 0.2) is 60.9 Å². The Morgan fingerprint density at radius 3 is 2.61 bits per heavy atom. The lowest BCUT2D eigenvalue weighted by Crippen LogP contribution is -2.03. The molecule has 4 nitrogen and oxygen atoms in total. The highest BCUT2D eigenvalue weighted by Gasteiger charge is 2.07. The van der Waals surface area contributed by atoms with Gasteiger partial charge in [-0.15, -0.1) is 0 Å². The number of pyridine rings is 2. The monoisotopic (exact) mass is 305 g/mol. The Morgan fingerprint density at radius 1 is 0.957 bits per heavy atom. The number of hydrogen-bond donors (Lipinski definition) is 1. The molecule has 0 amide bonds. The Hall–Kier alpha value is -2.88. The average Bonchev–Trinajstić information content (AvgIpc) is 2.57. The van der Waals surface area contributed by atoms with Gasteiger partial charge in [0.2, 0.25) is 5.88 Å². The molecule has 0 aliphatic carbocycles. The maximum Gasteiger partial charge on any atom is 0.242 e. The molecule has 0 atom stereocenters. The van der Waals surface area contributed by atoms with Crippen molar-refractivity contribution in [3.63, 3.8) is 0 Å². The summed E-state index contributed by atoms with van der Waals surface area (Å²) in [6.45, 7) is 4.67. The minimum Gasteiger partial charge on any atom is -0.437 e. The van der Waals surface area contributed by atoms with Crippen molar-refractivity contribution in [2.24, 2.45) is 0 Å². The van der Waals surface area contributed by atoms with Crippen LogP contribution in [0.1, 0.15) is 16.8 Å². The summed E-state index contributed by atoms with van der Waals surface area (Å²) in [7, 11) is 0. The van der Waals surface area contributed by atoms with E-state index in [1.807, 2.05) is 62.5 Å². The van der Waals surface area contributed by atoms with Gasteiger partial charge in [0.15, 0.2) is 0 Å².